The molecule has 0 bridgehead atoms. The second-order valence-corrected chi connectivity index (χ2v) is 6.15. The fourth-order valence-electron chi connectivity index (χ4n) is 3.56. The molecule has 3 aliphatic rings. The Labute approximate surface area is 124 Å². The van der Waals surface area contributed by atoms with Gasteiger partial charge >= 0.3 is 0 Å². The number of fused-ring (bicyclic) bond motifs is 2. The lowest BCUT2D eigenvalue weighted by Crippen LogP contribution is -2.41. The average Bonchev–Trinajstić information content (AvgIpc) is 2.96. The Balaban J connectivity index is 1.79. The Kier molecular flexibility index (Phi) is 2.46. The second-order valence-electron chi connectivity index (χ2n) is 6.15. The topological polar surface area (TPSA) is 41.6 Å². The Morgan fingerprint density at radius 1 is 1.33 bits per heavy atom. The number of hydrogen-bond donors (Lipinski definition) is 1. The highest BCUT2D eigenvalue weighted by Gasteiger charge is 2.47. The van der Waals surface area contributed by atoms with Gasteiger partial charge in [0.05, 0.1) is 17.7 Å². The number of amides is 1. The van der Waals surface area contributed by atoms with Crippen molar-refractivity contribution in [3.63, 3.8) is 0 Å². The molecular weight excluding hydrogens is 264 g/mol. The van der Waals surface area contributed by atoms with Gasteiger partial charge in [-0.1, -0.05) is 30.3 Å². The van der Waals surface area contributed by atoms with Crippen LogP contribution in [-0.4, -0.2) is 23.4 Å². The van der Waals surface area contributed by atoms with Crippen molar-refractivity contribution >= 4 is 5.91 Å². The van der Waals surface area contributed by atoms with Crippen molar-refractivity contribution in [3.8, 4) is 0 Å². The summed E-state index contributed by atoms with van der Waals surface area (Å²) in [7, 11) is 2.04. The summed E-state index contributed by atoms with van der Waals surface area (Å²) in [4.78, 5) is 14.0. The molecule has 1 amide bonds. The Morgan fingerprint density at radius 3 is 2.86 bits per heavy atom. The zero-order valence-corrected chi connectivity index (χ0v) is 12.2. The zero-order chi connectivity index (χ0) is 14.6. The number of carbonyl (C=O) groups excluding carboxylic acids is 1. The number of ether oxygens (including phenoxy) is 1. The molecule has 2 atom stereocenters. The van der Waals surface area contributed by atoms with Gasteiger partial charge in [-0.15, -0.1) is 0 Å². The molecule has 1 aliphatic carbocycles. The summed E-state index contributed by atoms with van der Waals surface area (Å²) in [6, 6.07) is 10.2. The molecule has 0 saturated carbocycles. The van der Waals surface area contributed by atoms with Crippen LogP contribution in [0.1, 0.15) is 31.6 Å². The van der Waals surface area contributed by atoms with Crippen LogP contribution in [-0.2, 0) is 9.53 Å². The Morgan fingerprint density at radius 2 is 2.10 bits per heavy atom. The first-order valence-electron chi connectivity index (χ1n) is 7.28. The number of nitrogens with one attached hydrogen (secondary N) is 1. The molecule has 1 aromatic rings. The maximum atomic E-state index is 11.8. The first-order valence-corrected chi connectivity index (χ1v) is 7.28. The molecule has 2 unspecified atom stereocenters. The van der Waals surface area contributed by atoms with Crippen LogP contribution in [0, 0.1) is 0 Å². The normalized spacial score (nSPS) is 30.6. The average molecular weight is 282 g/mol. The summed E-state index contributed by atoms with van der Waals surface area (Å²) in [5.41, 5.74) is 3.11. The van der Waals surface area contributed by atoms with Gasteiger partial charge in [-0.25, -0.2) is 0 Å². The number of rotatable bonds is 1. The lowest BCUT2D eigenvalue weighted by Gasteiger charge is -2.30. The lowest BCUT2D eigenvalue weighted by molar-refractivity contribution is -0.119. The van der Waals surface area contributed by atoms with E-state index in [2.05, 4.69) is 35.3 Å². The SMILES string of the molecule is CN1C2=C3CC(=O)NC3(C)CC=C2OC1c1ccccc1. The highest BCUT2D eigenvalue weighted by molar-refractivity contribution is 5.85. The Hall–Kier alpha value is -2.23. The van der Waals surface area contributed by atoms with Crippen molar-refractivity contribution in [2.24, 2.45) is 0 Å². The van der Waals surface area contributed by atoms with E-state index < -0.39 is 0 Å². The molecule has 108 valence electrons. The molecule has 4 heteroatoms. The molecule has 4 rings (SSSR count). The van der Waals surface area contributed by atoms with Gasteiger partial charge in [0.15, 0.2) is 6.23 Å². The minimum Gasteiger partial charge on any atom is -0.464 e. The van der Waals surface area contributed by atoms with Crippen LogP contribution in [0.2, 0.25) is 0 Å². The third kappa shape index (κ3) is 1.71. The van der Waals surface area contributed by atoms with E-state index in [1.807, 2.05) is 25.2 Å². The summed E-state index contributed by atoms with van der Waals surface area (Å²) in [6.07, 6.45) is 3.25. The van der Waals surface area contributed by atoms with E-state index in [0.717, 1.165) is 29.0 Å². The first-order chi connectivity index (χ1) is 10.1. The highest BCUT2D eigenvalue weighted by Crippen LogP contribution is 2.47. The van der Waals surface area contributed by atoms with E-state index in [0.29, 0.717) is 6.42 Å². The maximum Gasteiger partial charge on any atom is 0.224 e. The van der Waals surface area contributed by atoms with Crippen LogP contribution >= 0.6 is 0 Å². The number of hydrogen-bond acceptors (Lipinski definition) is 3. The molecule has 1 N–H and O–H groups in total. The number of nitrogens with zero attached hydrogens (tertiary/aromatic N) is 1. The molecule has 0 spiro atoms. The van der Waals surface area contributed by atoms with E-state index in [4.69, 9.17) is 4.74 Å². The summed E-state index contributed by atoms with van der Waals surface area (Å²) in [5, 5.41) is 3.10. The van der Waals surface area contributed by atoms with Crippen LogP contribution in [0.4, 0.5) is 0 Å². The third-order valence-electron chi connectivity index (χ3n) is 4.66. The van der Waals surface area contributed by atoms with E-state index in [1.165, 1.54) is 0 Å². The molecule has 1 aromatic carbocycles. The van der Waals surface area contributed by atoms with Gasteiger partial charge < -0.3 is 15.0 Å². The van der Waals surface area contributed by atoms with Crippen molar-refractivity contribution in [2.45, 2.75) is 31.5 Å². The van der Waals surface area contributed by atoms with Gasteiger partial charge in [0, 0.05) is 12.6 Å². The van der Waals surface area contributed by atoms with Crippen LogP contribution < -0.4 is 5.32 Å². The lowest BCUT2D eigenvalue weighted by atomic mass is 9.84. The van der Waals surface area contributed by atoms with E-state index >= 15 is 0 Å². The molecule has 4 nitrogen and oxygen atoms in total. The monoisotopic (exact) mass is 282 g/mol. The van der Waals surface area contributed by atoms with Crippen LogP contribution in [0.25, 0.3) is 0 Å². The van der Waals surface area contributed by atoms with Gasteiger partial charge in [-0.05, 0) is 25.0 Å². The van der Waals surface area contributed by atoms with Gasteiger partial charge in [-0.3, -0.25) is 4.79 Å². The van der Waals surface area contributed by atoms with Crippen LogP contribution in [0.5, 0.6) is 0 Å². The summed E-state index contributed by atoms with van der Waals surface area (Å²) >= 11 is 0. The molecule has 0 radical (unpaired) electrons. The van der Waals surface area contributed by atoms with Crippen molar-refractivity contribution in [1.29, 1.82) is 0 Å². The van der Waals surface area contributed by atoms with Crippen molar-refractivity contribution in [3.05, 3.63) is 59.0 Å². The maximum absolute atomic E-state index is 11.8. The van der Waals surface area contributed by atoms with Crippen LogP contribution in [0.3, 0.4) is 0 Å². The predicted molar refractivity (Wildman–Crippen MR) is 78.9 cm³/mol. The fourth-order valence-corrected chi connectivity index (χ4v) is 3.56. The molecule has 2 aliphatic heterocycles. The van der Waals surface area contributed by atoms with Crippen molar-refractivity contribution in [1.82, 2.24) is 10.2 Å². The summed E-state index contributed by atoms with van der Waals surface area (Å²) in [5.74, 6) is 1.02. The minimum atomic E-state index is -0.251. The second kappa shape index (κ2) is 4.13. The zero-order valence-electron chi connectivity index (χ0n) is 12.2. The molecular formula is C17H18N2O2. The van der Waals surface area contributed by atoms with Crippen molar-refractivity contribution < 1.29 is 9.53 Å². The van der Waals surface area contributed by atoms with E-state index in [-0.39, 0.29) is 17.7 Å². The predicted octanol–water partition coefficient (Wildman–Crippen LogP) is 2.47. The van der Waals surface area contributed by atoms with Gasteiger partial charge in [0.25, 0.3) is 0 Å². The fraction of sp³-hybridized carbons (Fsp3) is 0.353. The summed E-state index contributed by atoms with van der Waals surface area (Å²) < 4.78 is 6.14. The Bertz CT molecular complexity index is 677. The van der Waals surface area contributed by atoms with Crippen LogP contribution in [0.15, 0.2) is 53.4 Å². The first kappa shape index (κ1) is 12.5. The number of carbonyl (C=O) groups is 1. The number of benzene rings is 1. The minimum absolute atomic E-state index is 0.103. The van der Waals surface area contributed by atoms with E-state index in [9.17, 15) is 4.79 Å². The molecule has 21 heavy (non-hydrogen) atoms. The summed E-state index contributed by atoms with van der Waals surface area (Å²) in [6.45, 7) is 2.09. The van der Waals surface area contributed by atoms with E-state index in [1.54, 1.807) is 0 Å². The number of likely N-dealkylation sites (N-methyl/N-ethyl adjacent to an activating group) is 1. The quantitative estimate of drug-likeness (QED) is 0.860. The van der Waals surface area contributed by atoms with Crippen molar-refractivity contribution in [2.75, 3.05) is 7.05 Å². The molecule has 0 aromatic heterocycles. The molecule has 2 saturated heterocycles. The largest absolute Gasteiger partial charge is 0.464 e. The smallest absolute Gasteiger partial charge is 0.224 e. The van der Waals surface area contributed by atoms with Gasteiger partial charge in [0.1, 0.15) is 5.76 Å². The van der Waals surface area contributed by atoms with Gasteiger partial charge in [-0.2, -0.15) is 0 Å². The van der Waals surface area contributed by atoms with Gasteiger partial charge in [0.2, 0.25) is 5.91 Å². The highest BCUT2D eigenvalue weighted by atomic mass is 16.5. The third-order valence-corrected chi connectivity index (χ3v) is 4.66. The molecule has 2 fully saturated rings. The standard InChI is InChI=1S/C17H18N2O2/c1-17-9-8-13-15(12(17)10-14(20)18-17)19(2)16(21-13)11-6-4-3-5-7-11/h3-8,16H,9-10H2,1-2H3,(H,18,20). The molecule has 2 heterocycles.